The molecule has 1 saturated heterocycles. The van der Waals surface area contributed by atoms with Gasteiger partial charge in [0.05, 0.1) is 17.6 Å². The predicted octanol–water partition coefficient (Wildman–Crippen LogP) is 5.88. The molecule has 6 aliphatic rings. The number of rotatable bonds is 0. The van der Waals surface area contributed by atoms with Gasteiger partial charge in [0.1, 0.15) is 5.60 Å². The first-order valence-electron chi connectivity index (χ1n) is 14.2. The number of ether oxygens (including phenoxy) is 1. The number of fused-ring (bicyclic) bond motifs is 4. The summed E-state index contributed by atoms with van der Waals surface area (Å²) in [5.74, 6) is 0.950. The van der Waals surface area contributed by atoms with Crippen LogP contribution in [-0.4, -0.2) is 34.0 Å². The summed E-state index contributed by atoms with van der Waals surface area (Å²) in [6, 6.07) is 0. The van der Waals surface area contributed by atoms with E-state index in [2.05, 4.69) is 48.5 Å². The lowest BCUT2D eigenvalue weighted by atomic mass is 9.30. The molecule has 34 heavy (non-hydrogen) atoms. The number of aliphatic hydroxyl groups is 2. The van der Waals surface area contributed by atoms with Crippen LogP contribution in [0.3, 0.4) is 0 Å². The molecule has 2 N–H and O–H groups in total. The zero-order chi connectivity index (χ0) is 24.7. The van der Waals surface area contributed by atoms with Gasteiger partial charge in [0.15, 0.2) is 0 Å². The molecule has 1 unspecified atom stereocenters. The second kappa shape index (κ2) is 6.44. The highest BCUT2D eigenvalue weighted by atomic mass is 16.6. The molecule has 0 aromatic heterocycles. The van der Waals surface area contributed by atoms with Crippen LogP contribution in [0, 0.1) is 50.2 Å². The average molecular weight is 473 g/mol. The topological polar surface area (TPSA) is 66.8 Å². The van der Waals surface area contributed by atoms with Gasteiger partial charge in [-0.25, -0.2) is 0 Å². The number of carbonyl (C=O) groups excluding carboxylic acids is 1. The minimum Gasteiger partial charge on any atom is -0.455 e. The van der Waals surface area contributed by atoms with E-state index in [4.69, 9.17) is 4.74 Å². The van der Waals surface area contributed by atoms with E-state index in [1.807, 2.05) is 0 Å². The maximum Gasteiger partial charge on any atom is 0.313 e. The zero-order valence-electron chi connectivity index (χ0n) is 22.7. The van der Waals surface area contributed by atoms with Crippen LogP contribution in [0.2, 0.25) is 0 Å². The van der Waals surface area contributed by atoms with Crippen molar-refractivity contribution < 1.29 is 19.7 Å². The first-order chi connectivity index (χ1) is 15.6. The van der Waals surface area contributed by atoms with Crippen LogP contribution < -0.4 is 0 Å². The molecule has 5 saturated carbocycles. The van der Waals surface area contributed by atoms with Crippen molar-refractivity contribution in [1.29, 1.82) is 0 Å². The Bertz CT molecular complexity index is 925. The normalized spacial score (nSPS) is 59.2. The molecule has 4 heteroatoms. The Hall–Kier alpha value is -0.610. The minimum absolute atomic E-state index is 0.000329. The van der Waals surface area contributed by atoms with Crippen LogP contribution in [0.15, 0.2) is 0 Å². The van der Waals surface area contributed by atoms with Gasteiger partial charge in [0, 0.05) is 11.3 Å². The first kappa shape index (κ1) is 23.8. The molecule has 1 heterocycles. The van der Waals surface area contributed by atoms with Crippen LogP contribution in [0.1, 0.15) is 113 Å². The van der Waals surface area contributed by atoms with Gasteiger partial charge >= 0.3 is 5.97 Å². The number of aliphatic hydroxyl groups excluding tert-OH is 2. The number of carbonyl (C=O) groups is 1. The lowest BCUT2D eigenvalue weighted by Gasteiger charge is -2.74. The third-order valence-corrected chi connectivity index (χ3v) is 14.0. The van der Waals surface area contributed by atoms with Crippen molar-refractivity contribution in [3.05, 3.63) is 0 Å². The fourth-order valence-corrected chi connectivity index (χ4v) is 11.8. The van der Waals surface area contributed by atoms with E-state index in [-0.39, 0.29) is 50.5 Å². The van der Waals surface area contributed by atoms with Gasteiger partial charge in [-0.1, -0.05) is 48.5 Å². The molecule has 1 spiro atoms. The minimum atomic E-state index is -0.752. The molecule has 0 aromatic rings. The second-order valence-electron chi connectivity index (χ2n) is 15.8. The molecule has 0 radical (unpaired) electrons. The summed E-state index contributed by atoms with van der Waals surface area (Å²) in [6.07, 6.45) is 8.82. The molecule has 0 amide bonds. The van der Waals surface area contributed by atoms with Crippen LogP contribution >= 0.6 is 0 Å². The highest BCUT2D eigenvalue weighted by molar-refractivity contribution is 5.82. The van der Waals surface area contributed by atoms with Crippen molar-refractivity contribution >= 4 is 5.97 Å². The van der Waals surface area contributed by atoms with Crippen molar-refractivity contribution in [2.24, 2.45) is 50.2 Å². The smallest absolute Gasteiger partial charge is 0.313 e. The largest absolute Gasteiger partial charge is 0.455 e. The van der Waals surface area contributed by atoms with E-state index < -0.39 is 11.7 Å². The standard InChI is InChI=1S/C30H48O4/c1-24(2)12-14-29-15-13-28(7)27(6)11-8-18-25(3,4)21(31)9-10-26(18,5)19(27)16-22(32)30(28,20(29)17-24)34-23(29)33/h18-22,31-32H,8-17H2,1-7H3/t18-,19+,20+,21-,22?,26-,27+,28-,29-,30+/m0/s1. The van der Waals surface area contributed by atoms with E-state index in [9.17, 15) is 15.0 Å². The maximum absolute atomic E-state index is 13.7. The Morgan fingerprint density at radius 2 is 1.44 bits per heavy atom. The first-order valence-corrected chi connectivity index (χ1v) is 14.2. The lowest BCUT2D eigenvalue weighted by Crippen LogP contribution is -2.76. The molecular formula is C30H48O4. The van der Waals surface area contributed by atoms with Crippen molar-refractivity contribution in [1.82, 2.24) is 0 Å². The van der Waals surface area contributed by atoms with Gasteiger partial charge in [-0.3, -0.25) is 4.79 Å². The quantitative estimate of drug-likeness (QED) is 0.432. The molecule has 0 aromatic carbocycles. The molecule has 2 bridgehead atoms. The van der Waals surface area contributed by atoms with Crippen LogP contribution in [-0.2, 0) is 9.53 Å². The van der Waals surface area contributed by atoms with Crippen molar-refractivity contribution in [3.63, 3.8) is 0 Å². The Morgan fingerprint density at radius 3 is 2.15 bits per heavy atom. The molecule has 192 valence electrons. The van der Waals surface area contributed by atoms with E-state index in [0.29, 0.717) is 11.8 Å². The average Bonchev–Trinajstić information content (AvgIpc) is 2.93. The van der Waals surface area contributed by atoms with Crippen molar-refractivity contribution in [2.75, 3.05) is 0 Å². The van der Waals surface area contributed by atoms with Crippen LogP contribution in [0.5, 0.6) is 0 Å². The Labute approximate surface area is 206 Å². The molecule has 10 atom stereocenters. The van der Waals surface area contributed by atoms with Gasteiger partial charge in [0.2, 0.25) is 0 Å². The Kier molecular flexibility index (Phi) is 4.50. The molecule has 6 fully saturated rings. The summed E-state index contributed by atoms with van der Waals surface area (Å²) in [4.78, 5) is 13.7. The molecule has 6 rings (SSSR count). The second-order valence-corrected chi connectivity index (χ2v) is 15.8. The fourth-order valence-electron chi connectivity index (χ4n) is 11.8. The lowest BCUT2D eigenvalue weighted by molar-refractivity contribution is -0.317. The molecular weight excluding hydrogens is 424 g/mol. The Balaban J connectivity index is 1.49. The van der Waals surface area contributed by atoms with E-state index in [1.54, 1.807) is 0 Å². The highest BCUT2D eigenvalue weighted by Crippen LogP contribution is 2.80. The summed E-state index contributed by atoms with van der Waals surface area (Å²) in [5.41, 5.74) is -1.19. The van der Waals surface area contributed by atoms with Crippen LogP contribution in [0.25, 0.3) is 0 Å². The van der Waals surface area contributed by atoms with Crippen LogP contribution in [0.4, 0.5) is 0 Å². The van der Waals surface area contributed by atoms with Crippen molar-refractivity contribution in [3.8, 4) is 0 Å². The zero-order valence-corrected chi connectivity index (χ0v) is 22.7. The third kappa shape index (κ3) is 2.34. The van der Waals surface area contributed by atoms with Gasteiger partial charge in [-0.05, 0) is 97.7 Å². The molecule has 4 nitrogen and oxygen atoms in total. The SMILES string of the molecule is CC1(C)CC[C@@]23CC[C@@]4(C)[C@]5(C)CC[C@H]6C(C)(C)[C@@H](O)CC[C@]6(C)[C@H]5CC(O)[C@]4(OC2=O)[C@@H]3C1. The number of esters is 1. The van der Waals surface area contributed by atoms with Gasteiger partial charge in [-0.15, -0.1) is 0 Å². The maximum atomic E-state index is 13.7. The fraction of sp³-hybridized carbons (Fsp3) is 0.967. The monoisotopic (exact) mass is 472 g/mol. The highest BCUT2D eigenvalue weighted by Gasteiger charge is 2.83. The Morgan fingerprint density at radius 1 is 0.765 bits per heavy atom. The summed E-state index contributed by atoms with van der Waals surface area (Å²) >= 11 is 0. The third-order valence-electron chi connectivity index (χ3n) is 14.0. The van der Waals surface area contributed by atoms with Gasteiger partial charge in [-0.2, -0.15) is 0 Å². The predicted molar refractivity (Wildman–Crippen MR) is 132 cm³/mol. The van der Waals surface area contributed by atoms with E-state index in [1.165, 1.54) is 0 Å². The van der Waals surface area contributed by atoms with Crippen molar-refractivity contribution in [2.45, 2.75) is 130 Å². The number of hydrogen-bond donors (Lipinski definition) is 2. The molecule has 1 aliphatic heterocycles. The summed E-state index contributed by atoms with van der Waals surface area (Å²) in [7, 11) is 0. The summed E-state index contributed by atoms with van der Waals surface area (Å²) in [6.45, 7) is 16.6. The number of hydrogen-bond acceptors (Lipinski definition) is 4. The summed E-state index contributed by atoms with van der Waals surface area (Å²) in [5, 5.41) is 23.1. The summed E-state index contributed by atoms with van der Waals surface area (Å²) < 4.78 is 6.64. The van der Waals surface area contributed by atoms with Gasteiger partial charge in [0.25, 0.3) is 0 Å². The van der Waals surface area contributed by atoms with E-state index in [0.717, 1.165) is 64.2 Å². The van der Waals surface area contributed by atoms with Gasteiger partial charge < -0.3 is 14.9 Å². The molecule has 5 aliphatic carbocycles. The van der Waals surface area contributed by atoms with E-state index >= 15 is 0 Å².